The van der Waals surface area contributed by atoms with E-state index in [0.29, 0.717) is 19.4 Å². The normalized spacial score (nSPS) is 22.1. The van der Waals surface area contributed by atoms with Gasteiger partial charge in [-0.1, -0.05) is 23.8 Å². The third-order valence-electron chi connectivity index (χ3n) is 4.13. The molecule has 1 fully saturated rings. The van der Waals surface area contributed by atoms with Crippen LogP contribution in [0, 0.1) is 13.8 Å². The van der Waals surface area contributed by atoms with Crippen molar-refractivity contribution in [2.45, 2.75) is 38.7 Å². The largest absolute Gasteiger partial charge is 0.378 e. The molecule has 0 aromatic heterocycles. The van der Waals surface area contributed by atoms with Gasteiger partial charge in [0.25, 0.3) is 5.91 Å². The second-order valence-corrected chi connectivity index (χ2v) is 5.92. The van der Waals surface area contributed by atoms with E-state index in [9.17, 15) is 14.7 Å². The van der Waals surface area contributed by atoms with Gasteiger partial charge in [-0.3, -0.25) is 9.59 Å². The summed E-state index contributed by atoms with van der Waals surface area (Å²) in [5, 5.41) is 10.2. The SMILES string of the molecule is Cc1ccc(C)c(CC(=O)N2CCCC(O)(C(N)=O)C2)c1. The first-order chi connectivity index (χ1) is 9.82. The summed E-state index contributed by atoms with van der Waals surface area (Å²) in [7, 11) is 0. The third-order valence-corrected chi connectivity index (χ3v) is 4.13. The lowest BCUT2D eigenvalue weighted by Crippen LogP contribution is -2.57. The number of rotatable bonds is 3. The summed E-state index contributed by atoms with van der Waals surface area (Å²) in [5.41, 5.74) is 6.80. The highest BCUT2D eigenvalue weighted by molar-refractivity contribution is 5.85. The molecule has 1 heterocycles. The maximum absolute atomic E-state index is 12.4. The molecule has 0 saturated carbocycles. The molecule has 1 aliphatic heterocycles. The number of aliphatic hydroxyl groups is 1. The number of primary amides is 1. The van der Waals surface area contributed by atoms with Crippen LogP contribution in [0.2, 0.25) is 0 Å². The fourth-order valence-corrected chi connectivity index (χ4v) is 2.72. The van der Waals surface area contributed by atoms with Gasteiger partial charge in [-0.15, -0.1) is 0 Å². The van der Waals surface area contributed by atoms with Gasteiger partial charge >= 0.3 is 0 Å². The number of amides is 2. The zero-order valence-corrected chi connectivity index (χ0v) is 12.6. The summed E-state index contributed by atoms with van der Waals surface area (Å²) >= 11 is 0. The van der Waals surface area contributed by atoms with E-state index in [1.165, 1.54) is 4.90 Å². The maximum Gasteiger partial charge on any atom is 0.251 e. The zero-order chi connectivity index (χ0) is 15.6. The van der Waals surface area contributed by atoms with Crippen molar-refractivity contribution >= 4 is 11.8 Å². The smallest absolute Gasteiger partial charge is 0.251 e. The van der Waals surface area contributed by atoms with Crippen LogP contribution < -0.4 is 5.73 Å². The molecule has 5 heteroatoms. The molecule has 5 nitrogen and oxygen atoms in total. The van der Waals surface area contributed by atoms with E-state index in [1.54, 1.807) is 0 Å². The van der Waals surface area contributed by atoms with Crippen molar-refractivity contribution in [1.29, 1.82) is 0 Å². The molecule has 2 rings (SSSR count). The van der Waals surface area contributed by atoms with Crippen LogP contribution in [0.3, 0.4) is 0 Å². The predicted molar refractivity (Wildman–Crippen MR) is 79.6 cm³/mol. The number of nitrogens with zero attached hydrogens (tertiary/aromatic N) is 1. The van der Waals surface area contributed by atoms with Gasteiger partial charge in [0.15, 0.2) is 5.60 Å². The molecular formula is C16H22N2O3. The van der Waals surface area contributed by atoms with Crippen molar-refractivity contribution in [2.24, 2.45) is 5.73 Å². The zero-order valence-electron chi connectivity index (χ0n) is 12.6. The van der Waals surface area contributed by atoms with Crippen LogP contribution >= 0.6 is 0 Å². The van der Waals surface area contributed by atoms with E-state index >= 15 is 0 Å². The van der Waals surface area contributed by atoms with Crippen molar-refractivity contribution in [2.75, 3.05) is 13.1 Å². The monoisotopic (exact) mass is 290 g/mol. The molecule has 1 atom stereocenters. The van der Waals surface area contributed by atoms with E-state index in [2.05, 4.69) is 0 Å². The molecule has 2 amide bonds. The van der Waals surface area contributed by atoms with Crippen LogP contribution in [0.15, 0.2) is 18.2 Å². The van der Waals surface area contributed by atoms with Gasteiger partial charge in [0.1, 0.15) is 0 Å². The number of β-amino-alcohol motifs (C(OH)–C–C–N with tert-alkyl or cyclic N) is 1. The highest BCUT2D eigenvalue weighted by Crippen LogP contribution is 2.22. The first-order valence-electron chi connectivity index (χ1n) is 7.18. The molecule has 0 aliphatic carbocycles. The molecule has 1 aliphatic rings. The van der Waals surface area contributed by atoms with Gasteiger partial charge in [-0.05, 0) is 37.8 Å². The average molecular weight is 290 g/mol. The summed E-state index contributed by atoms with van der Waals surface area (Å²) < 4.78 is 0. The van der Waals surface area contributed by atoms with Crippen molar-refractivity contribution in [3.63, 3.8) is 0 Å². The first kappa shape index (κ1) is 15.5. The number of hydrogen-bond donors (Lipinski definition) is 2. The molecule has 21 heavy (non-hydrogen) atoms. The number of carbonyl (C=O) groups is 2. The fourth-order valence-electron chi connectivity index (χ4n) is 2.72. The van der Waals surface area contributed by atoms with Gasteiger partial charge in [-0.2, -0.15) is 0 Å². The highest BCUT2D eigenvalue weighted by atomic mass is 16.3. The molecule has 1 saturated heterocycles. The number of carbonyl (C=O) groups excluding carboxylic acids is 2. The van der Waals surface area contributed by atoms with Crippen LogP contribution in [0.1, 0.15) is 29.5 Å². The van der Waals surface area contributed by atoms with Gasteiger partial charge in [0.05, 0.1) is 13.0 Å². The summed E-state index contributed by atoms with van der Waals surface area (Å²) in [6.45, 7) is 4.50. The molecule has 1 unspecified atom stereocenters. The average Bonchev–Trinajstić information content (AvgIpc) is 2.42. The molecule has 1 aromatic rings. The number of likely N-dealkylation sites (tertiary alicyclic amines) is 1. The number of piperidine rings is 1. The van der Waals surface area contributed by atoms with Crippen molar-refractivity contribution in [3.8, 4) is 0 Å². The first-order valence-corrected chi connectivity index (χ1v) is 7.18. The van der Waals surface area contributed by atoms with E-state index in [-0.39, 0.29) is 18.9 Å². The lowest BCUT2D eigenvalue weighted by Gasteiger charge is -2.37. The maximum atomic E-state index is 12.4. The summed E-state index contributed by atoms with van der Waals surface area (Å²) in [6.07, 6.45) is 1.18. The summed E-state index contributed by atoms with van der Waals surface area (Å²) in [5.74, 6) is -0.838. The Morgan fingerprint density at radius 2 is 2.10 bits per heavy atom. The van der Waals surface area contributed by atoms with Gasteiger partial charge in [-0.25, -0.2) is 0 Å². The second-order valence-electron chi connectivity index (χ2n) is 5.92. The number of aryl methyl sites for hydroxylation is 2. The minimum atomic E-state index is -1.59. The van der Waals surface area contributed by atoms with Crippen LogP contribution in [-0.4, -0.2) is 40.5 Å². The Kier molecular flexibility index (Phi) is 4.32. The van der Waals surface area contributed by atoms with Crippen molar-refractivity contribution in [3.05, 3.63) is 34.9 Å². The van der Waals surface area contributed by atoms with E-state index in [1.807, 2.05) is 32.0 Å². The summed E-state index contributed by atoms with van der Waals surface area (Å²) in [4.78, 5) is 25.3. The number of hydrogen-bond acceptors (Lipinski definition) is 3. The van der Waals surface area contributed by atoms with E-state index in [4.69, 9.17) is 5.73 Å². The summed E-state index contributed by atoms with van der Waals surface area (Å²) in [6, 6.07) is 6.00. The van der Waals surface area contributed by atoms with E-state index < -0.39 is 11.5 Å². The minimum absolute atomic E-state index is 0.00791. The molecule has 0 radical (unpaired) electrons. The predicted octanol–water partition coefficient (Wildman–Crippen LogP) is 0.685. The van der Waals surface area contributed by atoms with Crippen molar-refractivity contribution in [1.82, 2.24) is 4.90 Å². The van der Waals surface area contributed by atoms with Crippen LogP contribution in [0.4, 0.5) is 0 Å². The van der Waals surface area contributed by atoms with Crippen LogP contribution in [0.25, 0.3) is 0 Å². The van der Waals surface area contributed by atoms with E-state index in [0.717, 1.165) is 16.7 Å². The molecule has 0 bridgehead atoms. The fraction of sp³-hybridized carbons (Fsp3) is 0.500. The Morgan fingerprint density at radius 1 is 1.38 bits per heavy atom. The molecular weight excluding hydrogens is 268 g/mol. The van der Waals surface area contributed by atoms with Gasteiger partial charge in [0.2, 0.25) is 5.91 Å². The Bertz CT molecular complexity index is 571. The van der Waals surface area contributed by atoms with Crippen LogP contribution in [-0.2, 0) is 16.0 Å². The Hall–Kier alpha value is -1.88. The number of benzene rings is 1. The highest BCUT2D eigenvalue weighted by Gasteiger charge is 2.40. The molecule has 114 valence electrons. The third kappa shape index (κ3) is 3.42. The quantitative estimate of drug-likeness (QED) is 0.859. The Morgan fingerprint density at radius 3 is 2.76 bits per heavy atom. The molecule has 3 N–H and O–H groups in total. The lowest BCUT2D eigenvalue weighted by atomic mass is 9.91. The molecule has 1 aromatic carbocycles. The topological polar surface area (TPSA) is 83.6 Å². The van der Waals surface area contributed by atoms with Gasteiger partial charge < -0.3 is 15.7 Å². The second kappa shape index (κ2) is 5.85. The lowest BCUT2D eigenvalue weighted by molar-refractivity contribution is -0.148. The Balaban J connectivity index is 2.10. The van der Waals surface area contributed by atoms with Crippen LogP contribution in [0.5, 0.6) is 0 Å². The standard InChI is InChI=1S/C16H22N2O3/c1-11-4-5-12(2)13(8-11)9-14(19)18-7-3-6-16(21,10-18)15(17)20/h4-5,8,21H,3,6-7,9-10H2,1-2H3,(H2,17,20). The minimum Gasteiger partial charge on any atom is -0.378 e. The van der Waals surface area contributed by atoms with Gasteiger partial charge in [0, 0.05) is 6.54 Å². The Labute approximate surface area is 124 Å². The number of nitrogens with two attached hydrogens (primary N) is 1. The molecule has 0 spiro atoms. The van der Waals surface area contributed by atoms with Crippen molar-refractivity contribution < 1.29 is 14.7 Å².